The fraction of sp³-hybridized carbons (Fsp3) is 0.348. The minimum Gasteiger partial charge on any atom is -0.493 e. The van der Waals surface area contributed by atoms with E-state index >= 15 is 0 Å². The summed E-state index contributed by atoms with van der Waals surface area (Å²) in [5, 5.41) is 9.36. The van der Waals surface area contributed by atoms with E-state index in [1.54, 1.807) is 37.5 Å². The molecule has 0 aliphatic carbocycles. The molecule has 0 atom stereocenters. The fourth-order valence-electron chi connectivity index (χ4n) is 3.94. The van der Waals surface area contributed by atoms with Crippen LogP contribution in [-0.2, 0) is 21.7 Å². The summed E-state index contributed by atoms with van der Waals surface area (Å²) in [6, 6.07) is 6.64. The Kier molecular flexibility index (Phi) is 8.32. The van der Waals surface area contributed by atoms with E-state index in [4.69, 9.17) is 20.3 Å². The molecule has 1 fully saturated rings. The Bertz CT molecular complexity index is 1480. The number of benzene rings is 1. The van der Waals surface area contributed by atoms with Gasteiger partial charge in [-0.05, 0) is 36.6 Å². The number of aliphatic imine (C=N–C) groups is 1. The second-order valence-electron chi connectivity index (χ2n) is 8.26. The van der Waals surface area contributed by atoms with Crippen molar-refractivity contribution in [3.8, 4) is 22.6 Å². The maximum absolute atomic E-state index is 12.9. The van der Waals surface area contributed by atoms with Crippen molar-refractivity contribution in [3.05, 3.63) is 45.7 Å². The van der Waals surface area contributed by atoms with Crippen LogP contribution in [0, 0.1) is 0 Å². The zero-order valence-electron chi connectivity index (χ0n) is 19.6. The van der Waals surface area contributed by atoms with E-state index in [9.17, 15) is 18.0 Å². The highest BCUT2D eigenvalue weighted by atomic mass is 35.5. The Balaban J connectivity index is 0.00000361. The Labute approximate surface area is 217 Å². The molecule has 3 heterocycles. The number of hydrogen-bond acceptors (Lipinski definition) is 8. The van der Waals surface area contributed by atoms with Gasteiger partial charge in [-0.3, -0.25) is 9.79 Å². The van der Waals surface area contributed by atoms with Crippen LogP contribution in [0.1, 0.15) is 17.7 Å². The average molecular weight is 556 g/mol. The SMILES string of the molecule is COc1cc(-c2cn(C)c(=O)c3cc(C(N)=NC4CCS(=O)(=O)CC4)sc23)ccc1OCC(=O)O.Cl. The summed E-state index contributed by atoms with van der Waals surface area (Å²) in [5.41, 5.74) is 7.60. The van der Waals surface area contributed by atoms with E-state index in [2.05, 4.69) is 4.99 Å². The lowest BCUT2D eigenvalue weighted by Crippen LogP contribution is -2.27. The maximum Gasteiger partial charge on any atom is 0.341 e. The van der Waals surface area contributed by atoms with Crippen molar-refractivity contribution in [2.45, 2.75) is 18.9 Å². The van der Waals surface area contributed by atoms with Crippen LogP contribution in [0.5, 0.6) is 11.5 Å². The molecule has 0 amide bonds. The number of thiophene rings is 1. The second kappa shape index (κ2) is 10.9. The Hall–Kier alpha value is -3.09. The Morgan fingerprint density at radius 3 is 2.58 bits per heavy atom. The number of carboxylic acids is 1. The van der Waals surface area contributed by atoms with Gasteiger partial charge in [0, 0.05) is 23.5 Å². The molecule has 3 N–H and O–H groups in total. The van der Waals surface area contributed by atoms with Crippen LogP contribution in [0.2, 0.25) is 0 Å². The normalized spacial score (nSPS) is 15.9. The van der Waals surface area contributed by atoms with Gasteiger partial charge >= 0.3 is 5.97 Å². The van der Waals surface area contributed by atoms with Crippen LogP contribution in [0.25, 0.3) is 21.2 Å². The molecule has 2 aromatic heterocycles. The monoisotopic (exact) mass is 555 g/mol. The van der Waals surface area contributed by atoms with Gasteiger partial charge in [0.25, 0.3) is 5.56 Å². The number of nitrogens with zero attached hydrogens (tertiary/aromatic N) is 2. The first kappa shape index (κ1) is 27.5. The van der Waals surface area contributed by atoms with Gasteiger partial charge in [0.05, 0.1) is 34.9 Å². The predicted molar refractivity (Wildman–Crippen MR) is 142 cm³/mol. The van der Waals surface area contributed by atoms with Crippen molar-refractivity contribution < 1.29 is 27.8 Å². The van der Waals surface area contributed by atoms with Crippen molar-refractivity contribution in [2.24, 2.45) is 17.8 Å². The van der Waals surface area contributed by atoms with Crippen molar-refractivity contribution in [1.29, 1.82) is 0 Å². The molecular weight excluding hydrogens is 530 g/mol. The predicted octanol–water partition coefficient (Wildman–Crippen LogP) is 2.44. The molecule has 194 valence electrons. The summed E-state index contributed by atoms with van der Waals surface area (Å²) in [5.74, 6) is 0.0157. The lowest BCUT2D eigenvalue weighted by atomic mass is 10.1. The van der Waals surface area contributed by atoms with E-state index in [-0.39, 0.29) is 47.1 Å². The fourth-order valence-corrected chi connectivity index (χ4v) is 6.50. The number of ether oxygens (including phenoxy) is 2. The summed E-state index contributed by atoms with van der Waals surface area (Å²) < 4.78 is 36.2. The number of aromatic nitrogens is 1. The number of pyridine rings is 1. The van der Waals surface area contributed by atoms with Gasteiger partial charge in [0.2, 0.25) is 0 Å². The minimum absolute atomic E-state index is 0. The summed E-state index contributed by atoms with van der Waals surface area (Å²) in [7, 11) is 0.115. The smallest absolute Gasteiger partial charge is 0.341 e. The lowest BCUT2D eigenvalue weighted by Gasteiger charge is -2.18. The van der Waals surface area contributed by atoms with Gasteiger partial charge < -0.3 is 24.9 Å². The zero-order valence-corrected chi connectivity index (χ0v) is 22.0. The van der Waals surface area contributed by atoms with E-state index in [1.807, 2.05) is 0 Å². The van der Waals surface area contributed by atoms with Gasteiger partial charge in [0.15, 0.2) is 18.1 Å². The number of halogens is 1. The van der Waals surface area contributed by atoms with Gasteiger partial charge in [-0.25, -0.2) is 13.2 Å². The summed E-state index contributed by atoms with van der Waals surface area (Å²) in [6.07, 6.45) is 2.57. The highest BCUT2D eigenvalue weighted by molar-refractivity contribution is 7.91. The molecular formula is C23H26ClN3O7S2. The molecule has 13 heteroatoms. The highest BCUT2D eigenvalue weighted by Crippen LogP contribution is 2.37. The third-order valence-electron chi connectivity index (χ3n) is 5.77. The van der Waals surface area contributed by atoms with E-state index in [0.29, 0.717) is 33.6 Å². The summed E-state index contributed by atoms with van der Waals surface area (Å²) in [6.45, 7) is -0.500. The molecule has 36 heavy (non-hydrogen) atoms. The number of amidine groups is 1. The molecule has 0 bridgehead atoms. The molecule has 0 saturated carbocycles. The van der Waals surface area contributed by atoms with Gasteiger partial charge in [-0.1, -0.05) is 6.07 Å². The molecule has 3 aromatic rings. The second-order valence-corrected chi connectivity index (χ2v) is 11.6. The largest absolute Gasteiger partial charge is 0.493 e. The average Bonchev–Trinajstić information content (AvgIpc) is 3.27. The first-order valence-corrected chi connectivity index (χ1v) is 13.4. The van der Waals surface area contributed by atoms with Gasteiger partial charge in [-0.2, -0.15) is 0 Å². The van der Waals surface area contributed by atoms with Crippen LogP contribution < -0.4 is 20.8 Å². The molecule has 1 aromatic carbocycles. The van der Waals surface area contributed by atoms with Gasteiger partial charge in [0.1, 0.15) is 15.7 Å². The van der Waals surface area contributed by atoms with Crippen LogP contribution in [0.15, 0.2) is 40.2 Å². The molecule has 1 aliphatic rings. The van der Waals surface area contributed by atoms with Crippen molar-refractivity contribution >= 4 is 55.5 Å². The van der Waals surface area contributed by atoms with Crippen molar-refractivity contribution in [1.82, 2.24) is 4.57 Å². The standard InChI is InChI=1S/C23H25N3O7S2.ClH/c1-26-11-16(13-3-4-17(18(9-13)32-2)33-12-20(27)28)21-15(23(26)29)10-19(34-21)22(24)25-14-5-7-35(30,31)8-6-14;/h3-4,9-11,14H,5-8,12H2,1-2H3,(H2,24,25)(H,27,28);1H. The number of fused-ring (bicyclic) bond motifs is 1. The van der Waals surface area contributed by atoms with Crippen LogP contribution in [0.4, 0.5) is 0 Å². The Morgan fingerprint density at radius 2 is 1.94 bits per heavy atom. The molecule has 0 radical (unpaired) electrons. The summed E-state index contributed by atoms with van der Waals surface area (Å²) >= 11 is 1.33. The zero-order chi connectivity index (χ0) is 25.3. The number of sulfone groups is 1. The number of nitrogens with two attached hydrogens (primary N) is 1. The van der Waals surface area contributed by atoms with E-state index in [0.717, 1.165) is 11.1 Å². The van der Waals surface area contributed by atoms with Crippen molar-refractivity contribution in [2.75, 3.05) is 25.2 Å². The number of hydrogen-bond donors (Lipinski definition) is 2. The first-order chi connectivity index (χ1) is 16.6. The minimum atomic E-state index is -3.00. The number of rotatable bonds is 7. The van der Waals surface area contributed by atoms with Crippen molar-refractivity contribution in [3.63, 3.8) is 0 Å². The Morgan fingerprint density at radius 1 is 1.25 bits per heavy atom. The highest BCUT2D eigenvalue weighted by Gasteiger charge is 2.24. The van der Waals surface area contributed by atoms with Gasteiger partial charge in [-0.15, -0.1) is 23.7 Å². The summed E-state index contributed by atoms with van der Waals surface area (Å²) in [4.78, 5) is 28.9. The number of carbonyl (C=O) groups is 1. The molecule has 1 saturated heterocycles. The molecule has 10 nitrogen and oxygen atoms in total. The first-order valence-electron chi connectivity index (χ1n) is 10.8. The molecule has 1 aliphatic heterocycles. The number of aliphatic carboxylic acids is 1. The number of methoxy groups -OCH3 is 1. The third-order valence-corrected chi connectivity index (χ3v) is 8.68. The molecule has 0 spiro atoms. The topological polar surface area (TPSA) is 150 Å². The number of aryl methyl sites for hydroxylation is 1. The quantitative estimate of drug-likeness (QED) is 0.333. The third kappa shape index (κ3) is 5.82. The maximum atomic E-state index is 12.9. The van der Waals surface area contributed by atoms with Crippen LogP contribution in [0.3, 0.4) is 0 Å². The van der Waals surface area contributed by atoms with E-state index < -0.39 is 22.4 Å². The lowest BCUT2D eigenvalue weighted by molar-refractivity contribution is -0.139. The van der Waals surface area contributed by atoms with Crippen LogP contribution in [-0.4, -0.2) is 61.2 Å². The van der Waals surface area contributed by atoms with Crippen LogP contribution >= 0.6 is 23.7 Å². The van der Waals surface area contributed by atoms with E-state index in [1.165, 1.54) is 23.0 Å². The number of carboxylic acid groups (broad SMARTS) is 1. The molecule has 0 unspecified atom stereocenters. The molecule has 4 rings (SSSR count).